The van der Waals surface area contributed by atoms with Crippen LogP contribution in [0.2, 0.25) is 0 Å². The third kappa shape index (κ3) is 2.00. The number of benzene rings is 1. The van der Waals surface area contributed by atoms with E-state index in [0.717, 1.165) is 5.56 Å². The van der Waals surface area contributed by atoms with E-state index in [4.69, 9.17) is 9.47 Å². The predicted molar refractivity (Wildman–Crippen MR) is 57.2 cm³/mol. The van der Waals surface area contributed by atoms with Gasteiger partial charge < -0.3 is 14.6 Å². The molecule has 0 fully saturated rings. The lowest BCUT2D eigenvalue weighted by Crippen LogP contribution is -2.16. The molecular formula is C12H12O4. The summed E-state index contributed by atoms with van der Waals surface area (Å²) < 4.78 is 10.2. The van der Waals surface area contributed by atoms with Crippen LogP contribution in [-0.2, 0) is 16.0 Å². The normalized spacial score (nSPS) is 13.4. The summed E-state index contributed by atoms with van der Waals surface area (Å²) in [5.41, 5.74) is 0.936. The standard InChI is InChI=1S/C12H12O4/c1-2-15-12(14)10-6-4-8-3-5-9(13)7-11(8)16-10/h3,5-7,13H,2,4H2,1H3. The molecule has 16 heavy (non-hydrogen) atoms. The van der Waals surface area contributed by atoms with Crippen LogP contribution in [0.25, 0.3) is 0 Å². The number of allylic oxidation sites excluding steroid dienone is 1. The molecule has 1 N–H and O–H groups in total. The molecule has 1 heterocycles. The molecule has 0 saturated carbocycles. The molecule has 0 radical (unpaired) electrons. The Morgan fingerprint density at radius 2 is 2.38 bits per heavy atom. The maximum absolute atomic E-state index is 11.4. The fourth-order valence-corrected chi connectivity index (χ4v) is 1.50. The Balaban J connectivity index is 2.20. The predicted octanol–water partition coefficient (Wildman–Crippen LogP) is 1.77. The van der Waals surface area contributed by atoms with Gasteiger partial charge in [-0.1, -0.05) is 6.07 Å². The van der Waals surface area contributed by atoms with E-state index in [1.807, 2.05) is 0 Å². The molecule has 1 aromatic rings. The third-order valence-corrected chi connectivity index (χ3v) is 2.25. The summed E-state index contributed by atoms with van der Waals surface area (Å²) in [7, 11) is 0. The second-order valence-corrected chi connectivity index (χ2v) is 3.39. The average Bonchev–Trinajstić information content (AvgIpc) is 2.28. The van der Waals surface area contributed by atoms with Crippen molar-refractivity contribution in [2.75, 3.05) is 6.61 Å². The van der Waals surface area contributed by atoms with Crippen molar-refractivity contribution in [1.82, 2.24) is 0 Å². The number of carbonyl (C=O) groups is 1. The van der Waals surface area contributed by atoms with Crippen LogP contribution in [0.1, 0.15) is 12.5 Å². The van der Waals surface area contributed by atoms with E-state index in [1.165, 1.54) is 6.07 Å². The minimum atomic E-state index is -0.475. The quantitative estimate of drug-likeness (QED) is 0.772. The van der Waals surface area contributed by atoms with Crippen LogP contribution >= 0.6 is 0 Å². The first-order chi connectivity index (χ1) is 7.70. The number of fused-ring (bicyclic) bond motifs is 1. The number of carbonyl (C=O) groups excluding carboxylic acids is 1. The molecule has 0 aliphatic carbocycles. The number of aromatic hydroxyl groups is 1. The molecule has 1 aliphatic heterocycles. The first-order valence-electron chi connectivity index (χ1n) is 5.07. The van der Waals surface area contributed by atoms with Crippen molar-refractivity contribution in [3.63, 3.8) is 0 Å². The van der Waals surface area contributed by atoms with E-state index in [9.17, 15) is 9.90 Å². The molecular weight excluding hydrogens is 208 g/mol. The third-order valence-electron chi connectivity index (χ3n) is 2.25. The lowest BCUT2D eigenvalue weighted by atomic mass is 10.1. The van der Waals surface area contributed by atoms with E-state index in [0.29, 0.717) is 18.8 Å². The van der Waals surface area contributed by atoms with Crippen molar-refractivity contribution in [3.05, 3.63) is 35.6 Å². The molecule has 0 aromatic heterocycles. The van der Waals surface area contributed by atoms with Gasteiger partial charge in [-0.25, -0.2) is 4.79 Å². The van der Waals surface area contributed by atoms with Gasteiger partial charge in [-0.2, -0.15) is 0 Å². The minimum absolute atomic E-state index is 0.115. The van der Waals surface area contributed by atoms with Crippen LogP contribution in [0.5, 0.6) is 11.5 Å². The highest BCUT2D eigenvalue weighted by Crippen LogP contribution is 2.30. The molecule has 0 saturated heterocycles. The van der Waals surface area contributed by atoms with Crippen molar-refractivity contribution in [1.29, 1.82) is 0 Å². The van der Waals surface area contributed by atoms with E-state index >= 15 is 0 Å². The van der Waals surface area contributed by atoms with Gasteiger partial charge in [0.15, 0.2) is 0 Å². The Hall–Kier alpha value is -1.97. The van der Waals surface area contributed by atoms with Crippen LogP contribution in [0.15, 0.2) is 30.0 Å². The van der Waals surface area contributed by atoms with Gasteiger partial charge in [0.25, 0.3) is 0 Å². The highest BCUT2D eigenvalue weighted by Gasteiger charge is 2.19. The van der Waals surface area contributed by atoms with Crippen LogP contribution in [0.3, 0.4) is 0 Å². The number of ether oxygens (including phenoxy) is 2. The van der Waals surface area contributed by atoms with Gasteiger partial charge in [-0.05, 0) is 31.1 Å². The number of esters is 1. The van der Waals surface area contributed by atoms with Crippen molar-refractivity contribution in [2.24, 2.45) is 0 Å². The van der Waals surface area contributed by atoms with Gasteiger partial charge in [0.1, 0.15) is 11.5 Å². The second-order valence-electron chi connectivity index (χ2n) is 3.39. The topological polar surface area (TPSA) is 55.8 Å². The summed E-state index contributed by atoms with van der Waals surface area (Å²) >= 11 is 0. The highest BCUT2D eigenvalue weighted by atomic mass is 16.6. The molecule has 1 aliphatic rings. The van der Waals surface area contributed by atoms with E-state index in [1.54, 1.807) is 25.1 Å². The molecule has 0 amide bonds. The van der Waals surface area contributed by atoms with Crippen molar-refractivity contribution in [3.8, 4) is 11.5 Å². The van der Waals surface area contributed by atoms with Gasteiger partial charge in [0.05, 0.1) is 6.61 Å². The maximum atomic E-state index is 11.4. The van der Waals surface area contributed by atoms with Crippen LogP contribution < -0.4 is 4.74 Å². The lowest BCUT2D eigenvalue weighted by molar-refractivity contribution is -0.141. The largest absolute Gasteiger partial charge is 0.508 e. The van der Waals surface area contributed by atoms with E-state index in [2.05, 4.69) is 0 Å². The fourth-order valence-electron chi connectivity index (χ4n) is 1.50. The Kier molecular flexibility index (Phi) is 2.81. The zero-order chi connectivity index (χ0) is 11.5. The first kappa shape index (κ1) is 10.5. The molecule has 0 atom stereocenters. The molecule has 1 aromatic carbocycles. The van der Waals surface area contributed by atoms with Gasteiger partial charge in [0.2, 0.25) is 5.76 Å². The Morgan fingerprint density at radius 3 is 3.12 bits per heavy atom. The zero-order valence-electron chi connectivity index (χ0n) is 8.90. The fraction of sp³-hybridized carbons (Fsp3) is 0.250. The summed E-state index contributed by atoms with van der Waals surface area (Å²) in [4.78, 5) is 11.4. The molecule has 0 unspecified atom stereocenters. The van der Waals surface area contributed by atoms with Gasteiger partial charge in [0, 0.05) is 6.07 Å². The zero-order valence-corrected chi connectivity index (χ0v) is 8.90. The lowest BCUT2D eigenvalue weighted by Gasteiger charge is -2.16. The number of rotatable bonds is 2. The Morgan fingerprint density at radius 1 is 1.56 bits per heavy atom. The smallest absolute Gasteiger partial charge is 0.373 e. The number of hydrogen-bond acceptors (Lipinski definition) is 4. The number of hydrogen-bond donors (Lipinski definition) is 1. The Labute approximate surface area is 93.1 Å². The summed E-state index contributed by atoms with van der Waals surface area (Å²) in [5, 5.41) is 9.30. The van der Waals surface area contributed by atoms with Crippen LogP contribution in [-0.4, -0.2) is 17.7 Å². The first-order valence-corrected chi connectivity index (χ1v) is 5.07. The molecule has 4 nitrogen and oxygen atoms in total. The molecule has 4 heteroatoms. The maximum Gasteiger partial charge on any atom is 0.373 e. The van der Waals surface area contributed by atoms with Crippen LogP contribution in [0.4, 0.5) is 0 Å². The van der Waals surface area contributed by atoms with Gasteiger partial charge >= 0.3 is 5.97 Å². The minimum Gasteiger partial charge on any atom is -0.508 e. The summed E-state index contributed by atoms with van der Waals surface area (Å²) in [6.45, 7) is 2.05. The summed E-state index contributed by atoms with van der Waals surface area (Å²) in [6, 6.07) is 4.84. The molecule has 84 valence electrons. The number of phenols is 1. The highest BCUT2D eigenvalue weighted by molar-refractivity contribution is 5.87. The number of phenolic OH excluding ortho intramolecular Hbond substituents is 1. The van der Waals surface area contributed by atoms with Crippen molar-refractivity contribution in [2.45, 2.75) is 13.3 Å². The molecule has 2 rings (SSSR count). The van der Waals surface area contributed by atoms with Crippen LogP contribution in [0, 0.1) is 0 Å². The monoisotopic (exact) mass is 220 g/mol. The van der Waals surface area contributed by atoms with E-state index < -0.39 is 5.97 Å². The van der Waals surface area contributed by atoms with Crippen molar-refractivity contribution >= 4 is 5.97 Å². The average molecular weight is 220 g/mol. The molecule has 0 spiro atoms. The van der Waals surface area contributed by atoms with Gasteiger partial charge in [-0.15, -0.1) is 0 Å². The molecule has 0 bridgehead atoms. The second kappa shape index (κ2) is 4.26. The summed E-state index contributed by atoms with van der Waals surface area (Å²) in [6.07, 6.45) is 2.28. The Bertz CT molecular complexity index is 448. The van der Waals surface area contributed by atoms with Gasteiger partial charge in [-0.3, -0.25) is 0 Å². The SMILES string of the molecule is CCOC(=O)C1=CCc2ccc(O)cc2O1. The van der Waals surface area contributed by atoms with Crippen molar-refractivity contribution < 1.29 is 19.4 Å². The van der Waals surface area contributed by atoms with E-state index in [-0.39, 0.29) is 11.5 Å². The summed E-state index contributed by atoms with van der Waals surface area (Å²) in [5.74, 6) is 0.325.